The zero-order valence-electron chi connectivity index (χ0n) is 19.0. The highest BCUT2D eigenvalue weighted by molar-refractivity contribution is 5.86. The highest BCUT2D eigenvalue weighted by Gasteiger charge is 2.48. The van der Waals surface area contributed by atoms with Crippen molar-refractivity contribution in [2.75, 3.05) is 13.6 Å². The molecule has 0 radical (unpaired) electrons. The maximum absolute atomic E-state index is 13.5. The SMILES string of the molecule is CN(C(=O)[C@@H]1CCCN1C(=O)OC(C)(C)C)C1c2cc(C#N)ccc2OC(C)(C)C1O. The maximum Gasteiger partial charge on any atom is 0.410 e. The lowest BCUT2D eigenvalue weighted by Crippen LogP contribution is -2.56. The van der Waals surface area contributed by atoms with Crippen molar-refractivity contribution < 1.29 is 24.2 Å². The number of likely N-dealkylation sites (tertiary alicyclic amines) is 1. The van der Waals surface area contributed by atoms with E-state index in [0.29, 0.717) is 36.3 Å². The number of fused-ring (bicyclic) bond motifs is 1. The first kappa shape index (κ1) is 22.9. The molecule has 0 saturated carbocycles. The Kier molecular flexibility index (Phi) is 5.94. The fourth-order valence-corrected chi connectivity index (χ4v) is 4.19. The van der Waals surface area contributed by atoms with Crippen LogP contribution in [0.5, 0.6) is 5.75 Å². The summed E-state index contributed by atoms with van der Waals surface area (Å²) in [6, 6.07) is 5.68. The number of amides is 2. The molecule has 0 bridgehead atoms. The lowest BCUT2D eigenvalue weighted by Gasteiger charge is -2.46. The van der Waals surface area contributed by atoms with Gasteiger partial charge in [-0.15, -0.1) is 0 Å². The predicted molar refractivity (Wildman–Crippen MR) is 113 cm³/mol. The number of carbonyl (C=O) groups excluding carboxylic acids is 2. The third-order valence-corrected chi connectivity index (χ3v) is 5.77. The second-order valence-electron chi connectivity index (χ2n) is 9.74. The molecule has 8 heteroatoms. The number of hydrogen-bond acceptors (Lipinski definition) is 6. The maximum atomic E-state index is 13.5. The number of likely N-dealkylation sites (N-methyl/N-ethyl adjacent to an activating group) is 1. The van der Waals surface area contributed by atoms with Crippen molar-refractivity contribution in [1.29, 1.82) is 5.26 Å². The summed E-state index contributed by atoms with van der Waals surface area (Å²) in [6.45, 7) is 9.31. The average molecular weight is 430 g/mol. The third-order valence-electron chi connectivity index (χ3n) is 5.77. The minimum atomic E-state index is -1.03. The molecular weight excluding hydrogens is 398 g/mol. The average Bonchev–Trinajstić information content (AvgIpc) is 3.16. The van der Waals surface area contributed by atoms with Crippen molar-refractivity contribution in [3.8, 4) is 11.8 Å². The van der Waals surface area contributed by atoms with Crippen LogP contribution >= 0.6 is 0 Å². The molecule has 1 fully saturated rings. The van der Waals surface area contributed by atoms with Crippen molar-refractivity contribution in [3.63, 3.8) is 0 Å². The molecule has 2 aliphatic heterocycles. The molecule has 0 spiro atoms. The van der Waals surface area contributed by atoms with Gasteiger partial charge in [-0.1, -0.05) is 0 Å². The Balaban J connectivity index is 1.92. The largest absolute Gasteiger partial charge is 0.485 e. The first-order valence-electron chi connectivity index (χ1n) is 10.5. The second kappa shape index (κ2) is 8.04. The summed E-state index contributed by atoms with van der Waals surface area (Å²) < 4.78 is 11.4. The van der Waals surface area contributed by atoms with Crippen LogP contribution in [0, 0.1) is 11.3 Å². The minimum absolute atomic E-state index is 0.279. The first-order valence-corrected chi connectivity index (χ1v) is 10.5. The van der Waals surface area contributed by atoms with Gasteiger partial charge in [0.1, 0.15) is 29.1 Å². The molecule has 168 valence electrons. The number of nitrogens with zero attached hydrogens (tertiary/aromatic N) is 3. The summed E-state index contributed by atoms with van der Waals surface area (Å²) in [5.41, 5.74) is -0.618. The Labute approximate surface area is 183 Å². The molecule has 2 unspecified atom stereocenters. The molecule has 1 saturated heterocycles. The van der Waals surface area contributed by atoms with Gasteiger partial charge < -0.3 is 19.5 Å². The molecule has 2 amide bonds. The first-order chi connectivity index (χ1) is 14.4. The lowest BCUT2D eigenvalue weighted by molar-refractivity contribution is -0.146. The quantitative estimate of drug-likeness (QED) is 0.775. The minimum Gasteiger partial charge on any atom is -0.485 e. The summed E-state index contributed by atoms with van der Waals surface area (Å²) in [7, 11) is 1.62. The van der Waals surface area contributed by atoms with Crippen molar-refractivity contribution in [2.45, 2.75) is 76.9 Å². The summed E-state index contributed by atoms with van der Waals surface area (Å²) in [4.78, 5) is 29.1. The molecule has 8 nitrogen and oxygen atoms in total. The molecule has 31 heavy (non-hydrogen) atoms. The summed E-state index contributed by atoms with van der Waals surface area (Å²) in [5, 5.41) is 20.4. The van der Waals surface area contributed by atoms with E-state index < -0.39 is 35.5 Å². The van der Waals surface area contributed by atoms with Crippen LogP contribution in [0.15, 0.2) is 18.2 Å². The van der Waals surface area contributed by atoms with Crippen LogP contribution in [0.1, 0.15) is 64.6 Å². The Morgan fingerprint density at radius 3 is 2.65 bits per heavy atom. The molecule has 0 aliphatic carbocycles. The monoisotopic (exact) mass is 429 g/mol. The number of benzene rings is 1. The molecule has 3 atom stereocenters. The zero-order valence-corrected chi connectivity index (χ0v) is 19.0. The van der Waals surface area contributed by atoms with Gasteiger partial charge in [-0.25, -0.2) is 4.79 Å². The van der Waals surface area contributed by atoms with Crippen LogP contribution in [0.2, 0.25) is 0 Å². The number of aliphatic hydroxyl groups is 1. The van der Waals surface area contributed by atoms with E-state index >= 15 is 0 Å². The van der Waals surface area contributed by atoms with Crippen molar-refractivity contribution in [2.24, 2.45) is 0 Å². The molecule has 1 N–H and O–H groups in total. The van der Waals surface area contributed by atoms with Gasteiger partial charge in [0.25, 0.3) is 0 Å². The van der Waals surface area contributed by atoms with Crippen LogP contribution in [-0.4, -0.2) is 63.8 Å². The summed E-state index contributed by atoms with van der Waals surface area (Å²) in [5.74, 6) is 0.243. The Morgan fingerprint density at radius 1 is 1.35 bits per heavy atom. The molecule has 3 rings (SSSR count). The highest BCUT2D eigenvalue weighted by Crippen LogP contribution is 2.43. The van der Waals surface area contributed by atoms with Crippen LogP contribution in [0.25, 0.3) is 0 Å². The molecular formula is C23H31N3O5. The van der Waals surface area contributed by atoms with Crippen molar-refractivity contribution >= 4 is 12.0 Å². The van der Waals surface area contributed by atoms with Gasteiger partial charge in [-0.05, 0) is 65.7 Å². The Morgan fingerprint density at radius 2 is 2.03 bits per heavy atom. The standard InChI is InChI=1S/C23H31N3O5/c1-22(2,3)31-21(29)26-11-7-8-16(26)20(28)25(6)18-15-12-14(13-24)9-10-17(15)30-23(4,5)19(18)27/h9-10,12,16,18-19,27H,7-8,11H2,1-6H3/t16-,18?,19?/m0/s1. The highest BCUT2D eigenvalue weighted by atomic mass is 16.6. The van der Waals surface area contributed by atoms with Gasteiger partial charge in [-0.3, -0.25) is 9.69 Å². The van der Waals surface area contributed by atoms with Gasteiger partial charge in [-0.2, -0.15) is 5.26 Å². The predicted octanol–water partition coefficient (Wildman–Crippen LogP) is 2.99. The summed E-state index contributed by atoms with van der Waals surface area (Å²) in [6.07, 6.45) is -0.326. The zero-order chi connectivity index (χ0) is 23.1. The topological polar surface area (TPSA) is 103 Å². The number of hydrogen-bond donors (Lipinski definition) is 1. The van der Waals surface area contributed by atoms with Gasteiger partial charge in [0, 0.05) is 19.2 Å². The van der Waals surface area contributed by atoms with Crippen molar-refractivity contribution in [1.82, 2.24) is 9.80 Å². The second-order valence-corrected chi connectivity index (χ2v) is 9.74. The van der Waals surface area contributed by atoms with E-state index in [9.17, 15) is 20.0 Å². The van der Waals surface area contributed by atoms with Crippen LogP contribution in [0.3, 0.4) is 0 Å². The molecule has 2 aliphatic rings. The van der Waals surface area contributed by atoms with E-state index in [4.69, 9.17) is 9.47 Å². The van der Waals surface area contributed by atoms with E-state index in [-0.39, 0.29) is 5.91 Å². The number of nitriles is 1. The van der Waals surface area contributed by atoms with Gasteiger partial charge in [0.2, 0.25) is 5.91 Å². The number of ether oxygens (including phenoxy) is 2. The van der Waals surface area contributed by atoms with Gasteiger partial charge >= 0.3 is 6.09 Å². The molecule has 2 heterocycles. The number of carbonyl (C=O) groups is 2. The normalized spacial score (nSPS) is 24.6. The molecule has 1 aromatic carbocycles. The van der Waals surface area contributed by atoms with Crippen LogP contribution < -0.4 is 4.74 Å². The van der Waals surface area contributed by atoms with E-state index in [1.807, 2.05) is 0 Å². The summed E-state index contributed by atoms with van der Waals surface area (Å²) >= 11 is 0. The number of rotatable bonds is 2. The molecule has 1 aromatic rings. The van der Waals surface area contributed by atoms with E-state index in [0.717, 1.165) is 0 Å². The fourth-order valence-electron chi connectivity index (χ4n) is 4.19. The van der Waals surface area contributed by atoms with Gasteiger partial charge in [0.05, 0.1) is 17.7 Å². The van der Waals surface area contributed by atoms with Gasteiger partial charge in [0.15, 0.2) is 0 Å². The van der Waals surface area contributed by atoms with E-state index in [1.165, 1.54) is 9.80 Å². The smallest absolute Gasteiger partial charge is 0.410 e. The fraction of sp³-hybridized carbons (Fsp3) is 0.609. The van der Waals surface area contributed by atoms with E-state index in [2.05, 4.69) is 6.07 Å². The van der Waals surface area contributed by atoms with Crippen LogP contribution in [-0.2, 0) is 9.53 Å². The Hall–Kier alpha value is -2.79. The van der Waals surface area contributed by atoms with Crippen molar-refractivity contribution in [3.05, 3.63) is 29.3 Å². The third kappa shape index (κ3) is 4.47. The Bertz CT molecular complexity index is 915. The lowest BCUT2D eigenvalue weighted by atomic mass is 9.85. The number of aliphatic hydroxyl groups excluding tert-OH is 1. The van der Waals surface area contributed by atoms with E-state index in [1.54, 1.807) is 59.9 Å². The molecule has 0 aromatic heterocycles. The van der Waals surface area contributed by atoms with Crippen LogP contribution in [0.4, 0.5) is 4.79 Å².